The van der Waals surface area contributed by atoms with Gasteiger partial charge in [0.2, 0.25) is 0 Å². The molecule has 0 aromatic heterocycles. The standard InChI is InChI=1S/C17H31NO2/c1-12(2)14-7-5-6-8-15(14)18-10-9-17(11-18,13(3)4)16(19)20/h12-15H,5-11H2,1-4H3,(H,19,20). The Bertz CT molecular complexity index is 353. The van der Waals surface area contributed by atoms with E-state index < -0.39 is 11.4 Å². The van der Waals surface area contributed by atoms with E-state index in [1.54, 1.807) is 0 Å². The molecule has 1 saturated heterocycles. The Morgan fingerprint density at radius 3 is 2.35 bits per heavy atom. The molecule has 0 aromatic carbocycles. The molecule has 2 fully saturated rings. The predicted octanol–water partition coefficient (Wildman–Crippen LogP) is 3.63. The fraction of sp³-hybridized carbons (Fsp3) is 0.941. The Morgan fingerprint density at radius 2 is 1.85 bits per heavy atom. The van der Waals surface area contributed by atoms with Gasteiger partial charge in [-0.2, -0.15) is 0 Å². The number of likely N-dealkylation sites (tertiary alicyclic amines) is 1. The van der Waals surface area contributed by atoms with Crippen molar-refractivity contribution >= 4 is 5.97 Å². The first-order chi connectivity index (χ1) is 9.38. The van der Waals surface area contributed by atoms with Crippen LogP contribution in [0.5, 0.6) is 0 Å². The molecule has 2 rings (SSSR count). The molecule has 3 heteroatoms. The average molecular weight is 281 g/mol. The topological polar surface area (TPSA) is 40.5 Å². The lowest BCUT2D eigenvalue weighted by molar-refractivity contribution is -0.151. The van der Waals surface area contributed by atoms with Crippen LogP contribution in [0, 0.1) is 23.2 Å². The Kier molecular flexibility index (Phi) is 4.78. The molecule has 0 amide bonds. The summed E-state index contributed by atoms with van der Waals surface area (Å²) in [6.45, 7) is 10.5. The Balaban J connectivity index is 2.12. The molecule has 1 aliphatic carbocycles. The maximum Gasteiger partial charge on any atom is 0.311 e. The van der Waals surface area contributed by atoms with Crippen molar-refractivity contribution in [1.29, 1.82) is 0 Å². The minimum atomic E-state index is -0.591. The second-order valence-corrected chi connectivity index (χ2v) is 7.60. The molecule has 3 unspecified atom stereocenters. The zero-order chi connectivity index (χ0) is 14.9. The van der Waals surface area contributed by atoms with E-state index in [0.29, 0.717) is 12.0 Å². The van der Waals surface area contributed by atoms with Gasteiger partial charge in [0.1, 0.15) is 0 Å². The van der Waals surface area contributed by atoms with Crippen molar-refractivity contribution in [2.24, 2.45) is 23.2 Å². The van der Waals surface area contributed by atoms with Gasteiger partial charge < -0.3 is 5.11 Å². The molecule has 0 spiro atoms. The summed E-state index contributed by atoms with van der Waals surface area (Å²) in [5, 5.41) is 9.70. The number of carbonyl (C=O) groups is 1. The maximum absolute atomic E-state index is 11.8. The van der Waals surface area contributed by atoms with E-state index in [-0.39, 0.29) is 5.92 Å². The van der Waals surface area contributed by atoms with Gasteiger partial charge in [0.25, 0.3) is 0 Å². The van der Waals surface area contributed by atoms with Crippen molar-refractivity contribution in [2.75, 3.05) is 13.1 Å². The van der Waals surface area contributed by atoms with Gasteiger partial charge in [0.05, 0.1) is 5.41 Å². The monoisotopic (exact) mass is 281 g/mol. The summed E-state index contributed by atoms with van der Waals surface area (Å²) < 4.78 is 0. The van der Waals surface area contributed by atoms with E-state index >= 15 is 0 Å². The van der Waals surface area contributed by atoms with Crippen molar-refractivity contribution in [1.82, 2.24) is 4.90 Å². The highest BCUT2D eigenvalue weighted by atomic mass is 16.4. The highest BCUT2D eigenvalue weighted by Gasteiger charge is 2.49. The highest BCUT2D eigenvalue weighted by Crippen LogP contribution is 2.43. The molecule has 116 valence electrons. The lowest BCUT2D eigenvalue weighted by Crippen LogP contribution is -2.46. The van der Waals surface area contributed by atoms with E-state index in [1.807, 2.05) is 0 Å². The highest BCUT2D eigenvalue weighted by molar-refractivity contribution is 5.75. The summed E-state index contributed by atoms with van der Waals surface area (Å²) in [6, 6.07) is 0.615. The third-order valence-corrected chi connectivity index (χ3v) is 5.97. The second-order valence-electron chi connectivity index (χ2n) is 7.60. The van der Waals surface area contributed by atoms with E-state index in [0.717, 1.165) is 25.4 Å². The second kappa shape index (κ2) is 6.05. The van der Waals surface area contributed by atoms with Gasteiger partial charge in [0, 0.05) is 12.6 Å². The maximum atomic E-state index is 11.8. The molecule has 3 nitrogen and oxygen atoms in total. The quantitative estimate of drug-likeness (QED) is 0.855. The summed E-state index contributed by atoms with van der Waals surface area (Å²) in [5.74, 6) is 1.08. The van der Waals surface area contributed by atoms with Gasteiger partial charge in [-0.05, 0) is 43.6 Å². The number of hydrogen-bond acceptors (Lipinski definition) is 2. The minimum Gasteiger partial charge on any atom is -0.481 e. The lowest BCUT2D eigenvalue weighted by atomic mass is 9.75. The van der Waals surface area contributed by atoms with Crippen LogP contribution in [0.25, 0.3) is 0 Å². The number of carboxylic acid groups (broad SMARTS) is 1. The van der Waals surface area contributed by atoms with Crippen molar-refractivity contribution in [3.05, 3.63) is 0 Å². The molecule has 0 bridgehead atoms. The van der Waals surface area contributed by atoms with Crippen LogP contribution in [0.2, 0.25) is 0 Å². The largest absolute Gasteiger partial charge is 0.481 e. The lowest BCUT2D eigenvalue weighted by Gasteiger charge is -2.41. The number of carboxylic acids is 1. The van der Waals surface area contributed by atoms with E-state index in [9.17, 15) is 9.90 Å². The average Bonchev–Trinajstić information content (AvgIpc) is 2.85. The minimum absolute atomic E-state index is 0.214. The number of hydrogen-bond donors (Lipinski definition) is 1. The molecule has 20 heavy (non-hydrogen) atoms. The molecular formula is C17H31NO2. The molecular weight excluding hydrogens is 250 g/mol. The van der Waals surface area contributed by atoms with Crippen LogP contribution in [0.15, 0.2) is 0 Å². The first-order valence-electron chi connectivity index (χ1n) is 8.36. The van der Waals surface area contributed by atoms with E-state index in [1.165, 1.54) is 25.7 Å². The van der Waals surface area contributed by atoms with Gasteiger partial charge in [-0.15, -0.1) is 0 Å². The van der Waals surface area contributed by atoms with Crippen LogP contribution in [0.4, 0.5) is 0 Å². The van der Waals surface area contributed by atoms with Crippen molar-refractivity contribution in [2.45, 2.75) is 65.8 Å². The molecule has 3 atom stereocenters. The molecule has 1 saturated carbocycles. The van der Waals surface area contributed by atoms with Crippen molar-refractivity contribution < 1.29 is 9.90 Å². The zero-order valence-corrected chi connectivity index (χ0v) is 13.6. The van der Waals surface area contributed by atoms with Gasteiger partial charge >= 0.3 is 5.97 Å². The van der Waals surface area contributed by atoms with Gasteiger partial charge in [-0.3, -0.25) is 9.69 Å². The Morgan fingerprint density at radius 1 is 1.20 bits per heavy atom. The van der Waals surface area contributed by atoms with E-state index in [2.05, 4.69) is 32.6 Å². The third kappa shape index (κ3) is 2.74. The summed E-state index contributed by atoms with van der Waals surface area (Å²) in [5.41, 5.74) is -0.515. The van der Waals surface area contributed by atoms with Crippen LogP contribution < -0.4 is 0 Å². The zero-order valence-electron chi connectivity index (χ0n) is 13.6. The molecule has 2 aliphatic rings. The van der Waals surface area contributed by atoms with Gasteiger partial charge in [-0.1, -0.05) is 40.5 Å². The van der Waals surface area contributed by atoms with Crippen LogP contribution in [0.1, 0.15) is 59.8 Å². The molecule has 0 aromatic rings. The first-order valence-corrected chi connectivity index (χ1v) is 8.36. The van der Waals surface area contributed by atoms with Gasteiger partial charge in [-0.25, -0.2) is 0 Å². The van der Waals surface area contributed by atoms with E-state index in [4.69, 9.17) is 0 Å². The predicted molar refractivity (Wildman–Crippen MR) is 81.7 cm³/mol. The normalized spacial score (nSPS) is 35.9. The molecule has 1 heterocycles. The fourth-order valence-electron chi connectivity index (χ4n) is 4.41. The van der Waals surface area contributed by atoms with Crippen LogP contribution >= 0.6 is 0 Å². The third-order valence-electron chi connectivity index (χ3n) is 5.97. The Labute approximate surface area is 123 Å². The molecule has 0 radical (unpaired) electrons. The molecule has 1 N–H and O–H groups in total. The van der Waals surface area contributed by atoms with Gasteiger partial charge in [0.15, 0.2) is 0 Å². The number of nitrogens with zero attached hydrogens (tertiary/aromatic N) is 1. The fourth-order valence-corrected chi connectivity index (χ4v) is 4.41. The SMILES string of the molecule is CC(C)C1CCCCC1N1CCC(C(=O)O)(C(C)C)C1. The number of rotatable bonds is 4. The van der Waals surface area contributed by atoms with Crippen molar-refractivity contribution in [3.8, 4) is 0 Å². The Hall–Kier alpha value is -0.570. The van der Waals surface area contributed by atoms with Crippen LogP contribution in [0.3, 0.4) is 0 Å². The number of aliphatic carboxylic acids is 1. The van der Waals surface area contributed by atoms with Crippen LogP contribution in [-0.4, -0.2) is 35.1 Å². The summed E-state index contributed by atoms with van der Waals surface area (Å²) in [4.78, 5) is 14.3. The smallest absolute Gasteiger partial charge is 0.311 e. The summed E-state index contributed by atoms with van der Waals surface area (Å²) >= 11 is 0. The summed E-state index contributed by atoms with van der Waals surface area (Å²) in [7, 11) is 0. The molecule has 1 aliphatic heterocycles. The van der Waals surface area contributed by atoms with Crippen molar-refractivity contribution in [3.63, 3.8) is 0 Å². The summed E-state index contributed by atoms with van der Waals surface area (Å²) in [6.07, 6.45) is 6.06. The van der Waals surface area contributed by atoms with Crippen LogP contribution in [-0.2, 0) is 4.79 Å². The first kappa shape index (κ1) is 15.8.